The number of nitrogens with two attached hydrogens (primary N) is 1. The minimum absolute atomic E-state index is 0.0571. The summed E-state index contributed by atoms with van der Waals surface area (Å²) in [6.07, 6.45) is 0.870. The predicted octanol–water partition coefficient (Wildman–Crippen LogP) is 1.73. The van der Waals surface area contributed by atoms with E-state index in [0.717, 1.165) is 22.4 Å². The Morgan fingerprint density at radius 3 is 2.90 bits per heavy atom. The van der Waals surface area contributed by atoms with Crippen molar-refractivity contribution in [3.05, 3.63) is 39.8 Å². The summed E-state index contributed by atoms with van der Waals surface area (Å²) in [5.41, 5.74) is 6.97. The normalized spacial score (nSPS) is 10.7. The average Bonchev–Trinajstić information content (AvgIpc) is 2.72. The summed E-state index contributed by atoms with van der Waals surface area (Å²) in [7, 11) is 0. The van der Waals surface area contributed by atoms with E-state index in [1.54, 1.807) is 4.57 Å². The van der Waals surface area contributed by atoms with E-state index < -0.39 is 0 Å². The molecule has 0 aliphatic carbocycles. The SMILES string of the molecule is CCCn1c(Sc2ccc(C(=N)N)c(C)c2)n[nH]c1=O. The summed E-state index contributed by atoms with van der Waals surface area (Å²) in [4.78, 5) is 12.6. The van der Waals surface area contributed by atoms with Crippen molar-refractivity contribution < 1.29 is 0 Å². The van der Waals surface area contributed by atoms with Crippen molar-refractivity contribution in [2.45, 2.75) is 36.9 Å². The zero-order valence-electron chi connectivity index (χ0n) is 11.4. The van der Waals surface area contributed by atoms with Crippen LogP contribution in [-0.4, -0.2) is 20.6 Å². The Bertz CT molecular complexity index is 688. The van der Waals surface area contributed by atoms with Crippen molar-refractivity contribution in [3.8, 4) is 0 Å². The Balaban J connectivity index is 2.29. The fourth-order valence-electron chi connectivity index (χ4n) is 1.91. The first kappa shape index (κ1) is 14.4. The summed E-state index contributed by atoms with van der Waals surface area (Å²) in [5, 5.41) is 14.6. The van der Waals surface area contributed by atoms with Crippen LogP contribution in [0.15, 0.2) is 33.0 Å². The van der Waals surface area contributed by atoms with E-state index in [2.05, 4.69) is 10.2 Å². The Hall–Kier alpha value is -2.02. The number of aryl methyl sites for hydroxylation is 1. The van der Waals surface area contributed by atoms with E-state index in [1.807, 2.05) is 32.0 Å². The number of nitrogen functional groups attached to an aromatic ring is 1. The van der Waals surface area contributed by atoms with Gasteiger partial charge in [-0.15, -0.1) is 5.10 Å². The molecular weight excluding hydrogens is 274 g/mol. The highest BCUT2D eigenvalue weighted by Crippen LogP contribution is 2.26. The molecule has 4 N–H and O–H groups in total. The molecule has 0 amide bonds. The maximum absolute atomic E-state index is 11.6. The number of rotatable bonds is 5. The minimum atomic E-state index is -0.188. The Labute approximate surface area is 120 Å². The maximum atomic E-state index is 11.6. The number of aromatic amines is 1. The standard InChI is InChI=1S/C13H17N5OS/c1-3-6-18-12(19)16-17-13(18)20-9-4-5-10(11(14)15)8(2)7-9/h4-5,7H,3,6H2,1-2H3,(H3,14,15)(H,16,19). The third-order valence-electron chi connectivity index (χ3n) is 2.87. The number of hydrogen-bond donors (Lipinski definition) is 3. The van der Waals surface area contributed by atoms with Crippen molar-refractivity contribution in [1.29, 1.82) is 5.41 Å². The first-order valence-corrected chi connectivity index (χ1v) is 7.12. The van der Waals surface area contributed by atoms with E-state index in [-0.39, 0.29) is 11.5 Å². The van der Waals surface area contributed by atoms with Crippen LogP contribution in [0.4, 0.5) is 0 Å². The largest absolute Gasteiger partial charge is 0.384 e. The van der Waals surface area contributed by atoms with Crippen LogP contribution in [0.2, 0.25) is 0 Å². The van der Waals surface area contributed by atoms with Gasteiger partial charge in [0.25, 0.3) is 0 Å². The lowest BCUT2D eigenvalue weighted by atomic mass is 10.1. The van der Waals surface area contributed by atoms with Crippen molar-refractivity contribution >= 4 is 17.6 Å². The van der Waals surface area contributed by atoms with Gasteiger partial charge in [0.15, 0.2) is 5.16 Å². The summed E-state index contributed by atoms with van der Waals surface area (Å²) < 4.78 is 1.62. The summed E-state index contributed by atoms with van der Waals surface area (Å²) in [6, 6.07) is 5.63. The van der Waals surface area contributed by atoms with Gasteiger partial charge < -0.3 is 5.73 Å². The second-order valence-corrected chi connectivity index (χ2v) is 5.50. The Morgan fingerprint density at radius 2 is 2.30 bits per heavy atom. The van der Waals surface area contributed by atoms with Crippen LogP contribution < -0.4 is 11.4 Å². The predicted molar refractivity (Wildman–Crippen MR) is 79.5 cm³/mol. The van der Waals surface area contributed by atoms with E-state index in [0.29, 0.717) is 11.7 Å². The molecule has 1 aromatic heterocycles. The Morgan fingerprint density at radius 1 is 1.55 bits per heavy atom. The molecule has 2 aromatic rings. The molecule has 2 rings (SSSR count). The molecule has 0 atom stereocenters. The third-order valence-corrected chi connectivity index (χ3v) is 3.85. The fourth-order valence-corrected chi connectivity index (χ4v) is 2.87. The quantitative estimate of drug-likeness (QED) is 0.577. The van der Waals surface area contributed by atoms with Gasteiger partial charge in [0.2, 0.25) is 0 Å². The molecule has 7 heteroatoms. The Kier molecular flexibility index (Phi) is 4.29. The molecule has 0 spiro atoms. The molecule has 6 nitrogen and oxygen atoms in total. The van der Waals surface area contributed by atoms with Crippen molar-refractivity contribution in [3.63, 3.8) is 0 Å². The fraction of sp³-hybridized carbons (Fsp3) is 0.308. The average molecular weight is 291 g/mol. The molecule has 0 bridgehead atoms. The van der Waals surface area contributed by atoms with Gasteiger partial charge in [0.1, 0.15) is 5.84 Å². The van der Waals surface area contributed by atoms with Gasteiger partial charge in [-0.25, -0.2) is 9.89 Å². The van der Waals surface area contributed by atoms with Gasteiger partial charge >= 0.3 is 5.69 Å². The lowest BCUT2D eigenvalue weighted by Crippen LogP contribution is -2.17. The maximum Gasteiger partial charge on any atom is 0.343 e. The van der Waals surface area contributed by atoms with Crippen LogP contribution in [0.3, 0.4) is 0 Å². The van der Waals surface area contributed by atoms with Crippen molar-refractivity contribution in [2.75, 3.05) is 0 Å². The smallest absolute Gasteiger partial charge is 0.343 e. The summed E-state index contributed by atoms with van der Waals surface area (Å²) in [6.45, 7) is 4.56. The molecule has 1 heterocycles. The molecular formula is C13H17N5OS. The van der Waals surface area contributed by atoms with Gasteiger partial charge in [0, 0.05) is 17.0 Å². The molecule has 0 unspecified atom stereocenters. The zero-order valence-corrected chi connectivity index (χ0v) is 12.3. The highest BCUT2D eigenvalue weighted by atomic mass is 32.2. The van der Waals surface area contributed by atoms with Gasteiger partial charge in [-0.1, -0.05) is 6.92 Å². The second kappa shape index (κ2) is 5.96. The molecule has 0 aliphatic heterocycles. The highest BCUT2D eigenvalue weighted by Gasteiger charge is 2.10. The van der Waals surface area contributed by atoms with E-state index >= 15 is 0 Å². The van der Waals surface area contributed by atoms with Crippen LogP contribution in [0.25, 0.3) is 0 Å². The summed E-state index contributed by atoms with van der Waals surface area (Å²) >= 11 is 1.42. The molecule has 106 valence electrons. The molecule has 0 saturated carbocycles. The number of nitrogens with one attached hydrogen (secondary N) is 2. The van der Waals surface area contributed by atoms with E-state index in [9.17, 15) is 4.79 Å². The number of amidine groups is 1. The molecule has 1 aromatic carbocycles. The van der Waals surface area contributed by atoms with Gasteiger partial charge in [-0.2, -0.15) is 0 Å². The van der Waals surface area contributed by atoms with Gasteiger partial charge in [0.05, 0.1) is 0 Å². The number of hydrogen-bond acceptors (Lipinski definition) is 4. The monoisotopic (exact) mass is 291 g/mol. The van der Waals surface area contributed by atoms with Gasteiger partial charge in [-0.3, -0.25) is 9.98 Å². The zero-order chi connectivity index (χ0) is 14.7. The summed E-state index contributed by atoms with van der Waals surface area (Å²) in [5.74, 6) is 0.0571. The van der Waals surface area contributed by atoms with Crippen LogP contribution >= 0.6 is 11.8 Å². The number of benzene rings is 1. The van der Waals surface area contributed by atoms with Crippen molar-refractivity contribution in [2.24, 2.45) is 5.73 Å². The van der Waals surface area contributed by atoms with E-state index in [4.69, 9.17) is 11.1 Å². The van der Waals surface area contributed by atoms with Gasteiger partial charge in [-0.05, 0) is 48.9 Å². The first-order valence-electron chi connectivity index (χ1n) is 6.31. The van der Waals surface area contributed by atoms with Crippen LogP contribution in [0.1, 0.15) is 24.5 Å². The minimum Gasteiger partial charge on any atom is -0.384 e. The molecule has 20 heavy (non-hydrogen) atoms. The molecule has 0 radical (unpaired) electrons. The van der Waals surface area contributed by atoms with E-state index in [1.165, 1.54) is 11.8 Å². The topological polar surface area (TPSA) is 101 Å². The number of aromatic nitrogens is 3. The molecule has 0 aliphatic rings. The van der Waals surface area contributed by atoms with Crippen LogP contribution in [0.5, 0.6) is 0 Å². The highest BCUT2D eigenvalue weighted by molar-refractivity contribution is 7.99. The molecule has 0 saturated heterocycles. The third kappa shape index (κ3) is 2.93. The molecule has 0 fully saturated rings. The second-order valence-electron chi connectivity index (χ2n) is 4.46. The number of H-pyrrole nitrogens is 1. The van der Waals surface area contributed by atoms with Crippen molar-refractivity contribution in [1.82, 2.24) is 14.8 Å². The lowest BCUT2D eigenvalue weighted by molar-refractivity contribution is 0.604. The lowest BCUT2D eigenvalue weighted by Gasteiger charge is -2.07. The van der Waals surface area contributed by atoms with Crippen LogP contribution in [-0.2, 0) is 6.54 Å². The first-order chi connectivity index (χ1) is 9.52. The van der Waals surface area contributed by atoms with Crippen LogP contribution in [0, 0.1) is 12.3 Å². The number of nitrogens with zero attached hydrogens (tertiary/aromatic N) is 2.